The summed E-state index contributed by atoms with van der Waals surface area (Å²) in [5, 5.41) is 10.8. The summed E-state index contributed by atoms with van der Waals surface area (Å²) in [5.74, 6) is -1.05. The number of fused-ring (bicyclic) bond motifs is 1. The van der Waals surface area contributed by atoms with Crippen molar-refractivity contribution < 1.29 is 9.90 Å². The predicted octanol–water partition coefficient (Wildman–Crippen LogP) is 1.18. The highest BCUT2D eigenvalue weighted by atomic mass is 32.2. The van der Waals surface area contributed by atoms with E-state index in [0.717, 1.165) is 11.0 Å². The lowest BCUT2D eigenvalue weighted by molar-refractivity contribution is -0.304. The zero-order chi connectivity index (χ0) is 11.5. The smallest absolute Gasteiger partial charge is 0.167 e. The number of hydrogen-bond donors (Lipinski definition) is 1. The predicted molar refractivity (Wildman–Crippen MR) is 61.0 cm³/mol. The molecular formula is C11H11N2O2S-. The minimum absolute atomic E-state index is 0.518. The number of benzene rings is 1. The molecule has 2 aromatic rings. The summed E-state index contributed by atoms with van der Waals surface area (Å²) in [6, 6.07) is 7.60. The third-order valence-corrected chi connectivity index (χ3v) is 3.48. The zero-order valence-electron chi connectivity index (χ0n) is 8.77. The minimum atomic E-state index is -1.05. The lowest BCUT2D eigenvalue weighted by Gasteiger charge is -2.12. The quantitative estimate of drug-likeness (QED) is 0.808. The Hall–Kier alpha value is -1.49. The maximum absolute atomic E-state index is 10.8. The van der Waals surface area contributed by atoms with Gasteiger partial charge in [-0.25, -0.2) is 4.98 Å². The number of H-pyrrole nitrogens is 1. The maximum atomic E-state index is 10.8. The maximum Gasteiger partial charge on any atom is 0.167 e. The first kappa shape index (κ1) is 11.0. The van der Waals surface area contributed by atoms with Gasteiger partial charge in [-0.1, -0.05) is 30.8 Å². The standard InChI is InChI=1S/C11H12N2O2S/c1-2-9(10(14)15)16-11-12-7-5-3-4-6-8(7)13-11/h3-6,9H,2H2,1H3,(H,12,13)(H,14,15)/p-1. The van der Waals surface area contributed by atoms with Gasteiger partial charge in [-0.15, -0.1) is 0 Å². The van der Waals surface area contributed by atoms with E-state index in [-0.39, 0.29) is 0 Å². The number of rotatable bonds is 4. The average molecular weight is 235 g/mol. The highest BCUT2D eigenvalue weighted by Crippen LogP contribution is 2.24. The van der Waals surface area contributed by atoms with Crippen LogP contribution in [0.25, 0.3) is 11.0 Å². The van der Waals surface area contributed by atoms with Crippen LogP contribution in [0, 0.1) is 0 Å². The second-order valence-electron chi connectivity index (χ2n) is 3.39. The number of carbonyl (C=O) groups excluding carboxylic acids is 1. The topological polar surface area (TPSA) is 68.8 Å². The monoisotopic (exact) mass is 235 g/mol. The lowest BCUT2D eigenvalue weighted by atomic mass is 10.3. The highest BCUT2D eigenvalue weighted by Gasteiger charge is 2.12. The van der Waals surface area contributed by atoms with Crippen LogP contribution in [0.2, 0.25) is 0 Å². The molecule has 4 nitrogen and oxygen atoms in total. The fraction of sp³-hybridized carbons (Fsp3) is 0.273. The van der Waals surface area contributed by atoms with Crippen LogP contribution in [0.1, 0.15) is 13.3 Å². The summed E-state index contributed by atoms with van der Waals surface area (Å²) in [4.78, 5) is 18.2. The molecule has 1 aromatic heterocycles. The molecule has 1 N–H and O–H groups in total. The van der Waals surface area contributed by atoms with Crippen molar-refractivity contribution in [2.24, 2.45) is 0 Å². The molecule has 1 heterocycles. The van der Waals surface area contributed by atoms with Crippen molar-refractivity contribution in [3.05, 3.63) is 24.3 Å². The van der Waals surface area contributed by atoms with Gasteiger partial charge in [0.2, 0.25) is 0 Å². The van der Waals surface area contributed by atoms with Gasteiger partial charge in [0.1, 0.15) is 0 Å². The molecule has 0 fully saturated rings. The Morgan fingerprint density at radius 3 is 2.94 bits per heavy atom. The van der Waals surface area contributed by atoms with Crippen LogP contribution in [0.3, 0.4) is 0 Å². The van der Waals surface area contributed by atoms with Gasteiger partial charge < -0.3 is 14.9 Å². The van der Waals surface area contributed by atoms with Crippen molar-refractivity contribution in [1.29, 1.82) is 0 Å². The molecule has 16 heavy (non-hydrogen) atoms. The molecule has 0 amide bonds. The molecule has 0 bridgehead atoms. The van der Waals surface area contributed by atoms with Crippen LogP contribution in [-0.4, -0.2) is 21.2 Å². The Bertz CT molecular complexity index is 476. The Kier molecular flexibility index (Phi) is 3.14. The van der Waals surface area contributed by atoms with Crippen LogP contribution >= 0.6 is 11.8 Å². The van der Waals surface area contributed by atoms with Crippen molar-refractivity contribution in [1.82, 2.24) is 9.97 Å². The Labute approximate surface area is 97.1 Å². The number of carboxylic acids is 1. The van der Waals surface area contributed by atoms with Gasteiger partial charge in [0, 0.05) is 0 Å². The number of nitrogens with one attached hydrogen (secondary N) is 1. The first-order valence-corrected chi connectivity index (χ1v) is 5.91. The van der Waals surface area contributed by atoms with Crippen LogP contribution < -0.4 is 5.11 Å². The van der Waals surface area contributed by atoms with Crippen LogP contribution in [0.5, 0.6) is 0 Å². The summed E-state index contributed by atoms with van der Waals surface area (Å²) >= 11 is 1.19. The number of hydrogen-bond acceptors (Lipinski definition) is 4. The number of imidazole rings is 1. The number of carbonyl (C=O) groups is 1. The highest BCUT2D eigenvalue weighted by molar-refractivity contribution is 8.00. The Balaban J connectivity index is 2.24. The number of nitrogens with zero attached hydrogens (tertiary/aromatic N) is 1. The van der Waals surface area contributed by atoms with E-state index in [2.05, 4.69) is 9.97 Å². The third kappa shape index (κ3) is 2.19. The van der Waals surface area contributed by atoms with E-state index in [0.29, 0.717) is 11.6 Å². The van der Waals surface area contributed by atoms with E-state index < -0.39 is 11.2 Å². The van der Waals surface area contributed by atoms with Gasteiger partial charge in [-0.05, 0) is 18.6 Å². The number of aromatic nitrogens is 2. The number of aromatic amines is 1. The third-order valence-electron chi connectivity index (χ3n) is 2.26. The largest absolute Gasteiger partial charge is 0.549 e. The SMILES string of the molecule is CCC(Sc1nc2ccccc2[nH]1)C(=O)[O-]. The molecule has 0 saturated heterocycles. The summed E-state index contributed by atoms with van der Waals surface area (Å²) in [7, 11) is 0. The van der Waals surface area contributed by atoms with Gasteiger partial charge >= 0.3 is 0 Å². The van der Waals surface area contributed by atoms with Crippen LogP contribution in [-0.2, 0) is 4.79 Å². The van der Waals surface area contributed by atoms with Gasteiger partial charge in [0.15, 0.2) is 5.16 Å². The van der Waals surface area contributed by atoms with Crippen molar-refractivity contribution in [3.63, 3.8) is 0 Å². The van der Waals surface area contributed by atoms with Crippen molar-refractivity contribution >= 4 is 28.8 Å². The van der Waals surface area contributed by atoms with Gasteiger partial charge in [-0.3, -0.25) is 0 Å². The number of carboxylic acid groups (broad SMARTS) is 1. The number of aliphatic carboxylic acids is 1. The molecule has 0 spiro atoms. The number of para-hydroxylation sites is 2. The number of thioether (sulfide) groups is 1. The molecule has 0 aliphatic carbocycles. The summed E-state index contributed by atoms with van der Waals surface area (Å²) in [6.45, 7) is 1.82. The van der Waals surface area contributed by atoms with E-state index in [1.165, 1.54) is 11.8 Å². The summed E-state index contributed by atoms with van der Waals surface area (Å²) in [5.41, 5.74) is 1.76. The fourth-order valence-electron chi connectivity index (χ4n) is 1.42. The molecule has 5 heteroatoms. The second kappa shape index (κ2) is 4.57. The van der Waals surface area contributed by atoms with E-state index >= 15 is 0 Å². The van der Waals surface area contributed by atoms with E-state index in [4.69, 9.17) is 0 Å². The summed E-state index contributed by atoms with van der Waals surface area (Å²) < 4.78 is 0. The van der Waals surface area contributed by atoms with E-state index in [1.807, 2.05) is 31.2 Å². The fourth-order valence-corrected chi connectivity index (χ4v) is 2.27. The van der Waals surface area contributed by atoms with Crippen molar-refractivity contribution in [3.8, 4) is 0 Å². The van der Waals surface area contributed by atoms with Crippen molar-refractivity contribution in [2.75, 3.05) is 0 Å². The molecule has 2 rings (SSSR count). The zero-order valence-corrected chi connectivity index (χ0v) is 9.58. The lowest BCUT2D eigenvalue weighted by Crippen LogP contribution is -2.33. The average Bonchev–Trinajstić information content (AvgIpc) is 2.67. The minimum Gasteiger partial charge on any atom is -0.549 e. The molecule has 0 radical (unpaired) electrons. The van der Waals surface area contributed by atoms with E-state index in [1.54, 1.807) is 0 Å². The first-order valence-electron chi connectivity index (χ1n) is 5.03. The van der Waals surface area contributed by atoms with Gasteiger partial charge in [-0.2, -0.15) is 0 Å². The van der Waals surface area contributed by atoms with E-state index in [9.17, 15) is 9.90 Å². The molecule has 1 atom stereocenters. The normalized spacial score (nSPS) is 12.8. The molecule has 0 aliphatic rings. The van der Waals surface area contributed by atoms with Crippen LogP contribution in [0.15, 0.2) is 29.4 Å². The van der Waals surface area contributed by atoms with Gasteiger partial charge in [0.05, 0.1) is 22.3 Å². The Morgan fingerprint density at radius 2 is 2.31 bits per heavy atom. The Morgan fingerprint density at radius 1 is 1.56 bits per heavy atom. The van der Waals surface area contributed by atoms with Gasteiger partial charge in [0.25, 0.3) is 0 Å². The molecule has 84 valence electrons. The molecular weight excluding hydrogens is 224 g/mol. The van der Waals surface area contributed by atoms with Crippen LogP contribution in [0.4, 0.5) is 0 Å². The van der Waals surface area contributed by atoms with Crippen molar-refractivity contribution in [2.45, 2.75) is 23.8 Å². The molecule has 0 saturated carbocycles. The molecule has 0 aliphatic heterocycles. The molecule has 1 aromatic carbocycles. The molecule has 1 unspecified atom stereocenters. The first-order chi connectivity index (χ1) is 7.70. The second-order valence-corrected chi connectivity index (χ2v) is 4.58. The summed E-state index contributed by atoms with van der Waals surface area (Å²) in [6.07, 6.45) is 0.518.